The minimum Gasteiger partial charge on any atom is -0.481 e. The molecule has 0 aromatic heterocycles. The smallest absolute Gasteiger partial charge is 0.339 e. The van der Waals surface area contributed by atoms with Crippen molar-refractivity contribution in [2.45, 2.75) is 18.8 Å². The SMILES string of the molecule is COC(=O)c1ccccc1NC(=O)CC(C)(C(=O)O)c1ccccc1. The zero-order valence-electron chi connectivity index (χ0n) is 14.0. The Morgan fingerprint density at radius 3 is 2.24 bits per heavy atom. The zero-order chi connectivity index (χ0) is 18.4. The normalized spacial score (nSPS) is 12.7. The second-order valence-corrected chi connectivity index (χ2v) is 5.77. The van der Waals surface area contributed by atoms with Crippen LogP contribution in [0.2, 0.25) is 0 Å². The number of aliphatic carboxylic acids is 1. The van der Waals surface area contributed by atoms with Crippen molar-refractivity contribution in [1.82, 2.24) is 0 Å². The van der Waals surface area contributed by atoms with Crippen LogP contribution in [0.3, 0.4) is 0 Å². The Morgan fingerprint density at radius 1 is 1.04 bits per heavy atom. The molecule has 0 heterocycles. The molecule has 0 radical (unpaired) electrons. The maximum Gasteiger partial charge on any atom is 0.339 e. The molecule has 0 aliphatic heterocycles. The molecule has 0 fully saturated rings. The third kappa shape index (κ3) is 4.03. The first-order valence-corrected chi connectivity index (χ1v) is 7.64. The highest BCUT2D eigenvalue weighted by Crippen LogP contribution is 2.29. The summed E-state index contributed by atoms with van der Waals surface area (Å²) in [4.78, 5) is 36.0. The number of rotatable bonds is 6. The molecular weight excluding hydrogens is 322 g/mol. The molecule has 0 aliphatic carbocycles. The van der Waals surface area contributed by atoms with E-state index in [1.165, 1.54) is 20.1 Å². The monoisotopic (exact) mass is 341 g/mol. The fourth-order valence-electron chi connectivity index (χ4n) is 2.50. The Morgan fingerprint density at radius 2 is 1.64 bits per heavy atom. The third-order valence-corrected chi connectivity index (χ3v) is 4.00. The topological polar surface area (TPSA) is 92.7 Å². The Kier molecular flexibility index (Phi) is 5.54. The summed E-state index contributed by atoms with van der Waals surface area (Å²) >= 11 is 0. The quantitative estimate of drug-likeness (QED) is 0.788. The summed E-state index contributed by atoms with van der Waals surface area (Å²) in [5.74, 6) is -2.19. The van der Waals surface area contributed by atoms with Crippen molar-refractivity contribution in [2.75, 3.05) is 12.4 Å². The second kappa shape index (κ2) is 7.61. The van der Waals surface area contributed by atoms with Crippen LogP contribution < -0.4 is 5.32 Å². The van der Waals surface area contributed by atoms with Gasteiger partial charge in [0.2, 0.25) is 5.91 Å². The Labute approximate surface area is 145 Å². The molecule has 25 heavy (non-hydrogen) atoms. The summed E-state index contributed by atoms with van der Waals surface area (Å²) in [7, 11) is 1.25. The lowest BCUT2D eigenvalue weighted by Gasteiger charge is -2.25. The molecule has 1 unspecified atom stereocenters. The molecule has 2 aromatic rings. The number of methoxy groups -OCH3 is 1. The molecule has 2 aromatic carbocycles. The summed E-state index contributed by atoms with van der Waals surface area (Å²) in [5.41, 5.74) is -0.375. The van der Waals surface area contributed by atoms with Crippen molar-refractivity contribution in [3.8, 4) is 0 Å². The first kappa shape index (κ1) is 18.2. The van der Waals surface area contributed by atoms with E-state index in [2.05, 4.69) is 10.1 Å². The number of anilines is 1. The van der Waals surface area contributed by atoms with Crippen molar-refractivity contribution in [2.24, 2.45) is 0 Å². The predicted octanol–water partition coefficient (Wildman–Crippen LogP) is 2.84. The molecule has 6 nitrogen and oxygen atoms in total. The lowest BCUT2D eigenvalue weighted by molar-refractivity contribution is -0.145. The van der Waals surface area contributed by atoms with E-state index < -0.39 is 23.3 Å². The van der Waals surface area contributed by atoms with E-state index >= 15 is 0 Å². The fourth-order valence-corrected chi connectivity index (χ4v) is 2.50. The number of hydrogen-bond donors (Lipinski definition) is 2. The lowest BCUT2D eigenvalue weighted by Crippen LogP contribution is -2.36. The number of esters is 1. The number of hydrogen-bond acceptors (Lipinski definition) is 4. The summed E-state index contributed by atoms with van der Waals surface area (Å²) in [6.45, 7) is 1.50. The van der Waals surface area contributed by atoms with Gasteiger partial charge >= 0.3 is 11.9 Å². The van der Waals surface area contributed by atoms with E-state index in [9.17, 15) is 19.5 Å². The predicted molar refractivity (Wildman–Crippen MR) is 92.5 cm³/mol. The van der Waals surface area contributed by atoms with Gasteiger partial charge in [0.1, 0.15) is 0 Å². The molecule has 1 amide bonds. The maximum absolute atomic E-state index is 12.4. The Hall–Kier alpha value is -3.15. The second-order valence-electron chi connectivity index (χ2n) is 5.77. The zero-order valence-corrected chi connectivity index (χ0v) is 14.0. The van der Waals surface area contributed by atoms with Crippen molar-refractivity contribution in [3.05, 3.63) is 65.7 Å². The van der Waals surface area contributed by atoms with E-state index in [-0.39, 0.29) is 17.7 Å². The molecule has 6 heteroatoms. The molecule has 0 saturated heterocycles. The van der Waals surface area contributed by atoms with Crippen LogP contribution in [0.4, 0.5) is 5.69 Å². The van der Waals surface area contributed by atoms with E-state index in [1.807, 2.05) is 0 Å². The molecule has 2 rings (SSSR count). The summed E-state index contributed by atoms with van der Waals surface area (Å²) in [5, 5.41) is 12.2. The van der Waals surface area contributed by atoms with Crippen LogP contribution in [0, 0.1) is 0 Å². The maximum atomic E-state index is 12.4. The molecule has 0 saturated carbocycles. The van der Waals surface area contributed by atoms with Gasteiger partial charge < -0.3 is 15.2 Å². The van der Waals surface area contributed by atoms with Crippen molar-refractivity contribution >= 4 is 23.5 Å². The van der Waals surface area contributed by atoms with Gasteiger partial charge in [-0.05, 0) is 24.6 Å². The van der Waals surface area contributed by atoms with Crippen LogP contribution in [0.15, 0.2) is 54.6 Å². The molecular formula is C19H19NO5. The summed E-state index contributed by atoms with van der Waals surface area (Å²) < 4.78 is 4.68. The van der Waals surface area contributed by atoms with Crippen molar-refractivity contribution in [3.63, 3.8) is 0 Å². The van der Waals surface area contributed by atoms with Crippen LogP contribution in [0.1, 0.15) is 29.3 Å². The van der Waals surface area contributed by atoms with Crippen LogP contribution in [-0.4, -0.2) is 30.1 Å². The lowest BCUT2D eigenvalue weighted by atomic mass is 9.79. The number of amides is 1. The summed E-state index contributed by atoms with van der Waals surface area (Å²) in [6.07, 6.45) is -0.276. The molecule has 0 spiro atoms. The van der Waals surface area contributed by atoms with Gasteiger partial charge in [0, 0.05) is 6.42 Å². The average Bonchev–Trinajstić information content (AvgIpc) is 2.62. The largest absolute Gasteiger partial charge is 0.481 e. The molecule has 130 valence electrons. The highest BCUT2D eigenvalue weighted by molar-refractivity contribution is 6.02. The fraction of sp³-hybridized carbons (Fsp3) is 0.211. The summed E-state index contributed by atoms with van der Waals surface area (Å²) in [6, 6.07) is 15.0. The van der Waals surface area contributed by atoms with Crippen LogP contribution >= 0.6 is 0 Å². The molecule has 2 N–H and O–H groups in total. The van der Waals surface area contributed by atoms with Crippen LogP contribution in [-0.2, 0) is 19.7 Å². The van der Waals surface area contributed by atoms with Gasteiger partial charge in [-0.2, -0.15) is 0 Å². The van der Waals surface area contributed by atoms with Gasteiger partial charge in [-0.25, -0.2) is 4.79 Å². The number of nitrogens with one attached hydrogen (secondary N) is 1. The number of ether oxygens (including phenoxy) is 1. The average molecular weight is 341 g/mol. The van der Waals surface area contributed by atoms with Gasteiger partial charge in [0.15, 0.2) is 0 Å². The minimum absolute atomic E-state index is 0.204. The van der Waals surface area contributed by atoms with Gasteiger partial charge in [0.05, 0.1) is 23.8 Å². The number of benzene rings is 2. The Balaban J connectivity index is 2.24. The van der Waals surface area contributed by atoms with Crippen molar-refractivity contribution < 1.29 is 24.2 Å². The standard InChI is InChI=1S/C19H19NO5/c1-19(18(23)24,13-8-4-3-5-9-13)12-16(21)20-15-11-7-6-10-14(15)17(22)25-2/h3-11H,12H2,1-2H3,(H,20,21)(H,23,24). The minimum atomic E-state index is -1.38. The van der Waals surface area contributed by atoms with Gasteiger partial charge in [-0.1, -0.05) is 42.5 Å². The first-order valence-electron chi connectivity index (χ1n) is 7.64. The van der Waals surface area contributed by atoms with E-state index in [0.717, 1.165) is 0 Å². The van der Waals surface area contributed by atoms with E-state index in [1.54, 1.807) is 48.5 Å². The van der Waals surface area contributed by atoms with E-state index in [0.29, 0.717) is 5.56 Å². The van der Waals surface area contributed by atoms with Crippen molar-refractivity contribution in [1.29, 1.82) is 0 Å². The number of carboxylic acids is 1. The number of carboxylic acid groups (broad SMARTS) is 1. The Bertz CT molecular complexity index is 787. The van der Waals surface area contributed by atoms with E-state index in [4.69, 9.17) is 0 Å². The first-order chi connectivity index (χ1) is 11.9. The van der Waals surface area contributed by atoms with Crippen LogP contribution in [0.5, 0.6) is 0 Å². The highest BCUT2D eigenvalue weighted by atomic mass is 16.5. The number of para-hydroxylation sites is 1. The molecule has 0 aliphatic rings. The third-order valence-electron chi connectivity index (χ3n) is 4.00. The van der Waals surface area contributed by atoms with Crippen LogP contribution in [0.25, 0.3) is 0 Å². The van der Waals surface area contributed by atoms with Gasteiger partial charge in [-0.15, -0.1) is 0 Å². The number of carbonyl (C=O) groups excluding carboxylic acids is 2. The highest BCUT2D eigenvalue weighted by Gasteiger charge is 2.37. The number of carbonyl (C=O) groups is 3. The van der Waals surface area contributed by atoms with Gasteiger partial charge in [0.25, 0.3) is 0 Å². The van der Waals surface area contributed by atoms with Gasteiger partial charge in [-0.3, -0.25) is 9.59 Å². The molecule has 1 atom stereocenters. The molecule has 0 bridgehead atoms.